The van der Waals surface area contributed by atoms with Crippen molar-refractivity contribution in [3.63, 3.8) is 0 Å². The lowest BCUT2D eigenvalue weighted by Gasteiger charge is -2.06. The summed E-state index contributed by atoms with van der Waals surface area (Å²) >= 11 is 7.53. The minimum atomic E-state index is 0.498. The van der Waals surface area contributed by atoms with Crippen molar-refractivity contribution in [1.82, 2.24) is 14.6 Å². The Morgan fingerprint density at radius 1 is 1.56 bits per heavy atom. The quantitative estimate of drug-likeness (QED) is 0.622. The highest BCUT2D eigenvalue weighted by atomic mass is 35.5. The van der Waals surface area contributed by atoms with Crippen LogP contribution in [-0.2, 0) is 0 Å². The van der Waals surface area contributed by atoms with E-state index in [1.54, 1.807) is 18.0 Å². The first-order chi connectivity index (χ1) is 7.70. The molecule has 2 heterocycles. The van der Waals surface area contributed by atoms with Gasteiger partial charge in [0.1, 0.15) is 5.03 Å². The Kier molecular flexibility index (Phi) is 3.71. The fraction of sp³-hybridized carbons (Fsp3) is 0.455. The Balaban J connectivity index is 2.23. The number of alkyl halides is 1. The molecule has 5 heteroatoms. The standard InChI is InChI=1S/C11H14ClN3S/c1-8(6-12)7-16-11-10-5-9(2)14-15(10)4-3-13-11/h3-5,8H,6-7H2,1-2H3. The Morgan fingerprint density at radius 2 is 2.38 bits per heavy atom. The summed E-state index contributed by atoms with van der Waals surface area (Å²) in [5.41, 5.74) is 2.09. The van der Waals surface area contributed by atoms with Gasteiger partial charge < -0.3 is 0 Å². The Bertz CT molecular complexity index is 483. The third-order valence-corrected chi connectivity index (χ3v) is 4.10. The molecular weight excluding hydrogens is 242 g/mol. The van der Waals surface area contributed by atoms with Gasteiger partial charge >= 0.3 is 0 Å². The molecule has 2 aromatic heterocycles. The van der Waals surface area contributed by atoms with E-state index in [1.165, 1.54) is 0 Å². The predicted molar refractivity (Wildman–Crippen MR) is 68.3 cm³/mol. The van der Waals surface area contributed by atoms with Gasteiger partial charge in [-0.05, 0) is 18.9 Å². The van der Waals surface area contributed by atoms with E-state index in [1.807, 2.05) is 17.6 Å². The van der Waals surface area contributed by atoms with Crippen molar-refractivity contribution >= 4 is 28.9 Å². The summed E-state index contributed by atoms with van der Waals surface area (Å²) < 4.78 is 1.87. The molecule has 2 rings (SSSR count). The van der Waals surface area contributed by atoms with Gasteiger partial charge in [0.15, 0.2) is 0 Å². The van der Waals surface area contributed by atoms with Crippen LogP contribution < -0.4 is 0 Å². The molecule has 1 atom stereocenters. The van der Waals surface area contributed by atoms with Crippen LogP contribution in [0.25, 0.3) is 5.52 Å². The lowest BCUT2D eigenvalue weighted by Crippen LogP contribution is -2.00. The van der Waals surface area contributed by atoms with Gasteiger partial charge in [0, 0.05) is 24.0 Å². The number of hydrogen-bond acceptors (Lipinski definition) is 3. The first-order valence-electron chi connectivity index (χ1n) is 5.20. The van der Waals surface area contributed by atoms with Crippen molar-refractivity contribution in [2.24, 2.45) is 5.92 Å². The van der Waals surface area contributed by atoms with Gasteiger partial charge in [-0.1, -0.05) is 6.92 Å². The third kappa shape index (κ3) is 2.50. The predicted octanol–water partition coefficient (Wildman–Crippen LogP) is 3.00. The SMILES string of the molecule is Cc1cc2c(SCC(C)CCl)nccn2n1. The van der Waals surface area contributed by atoms with Gasteiger partial charge in [-0.3, -0.25) is 0 Å². The second-order valence-corrected chi connectivity index (χ2v) is 5.24. The van der Waals surface area contributed by atoms with Crippen LogP contribution >= 0.6 is 23.4 Å². The molecule has 0 saturated heterocycles. The number of aromatic nitrogens is 3. The lowest BCUT2D eigenvalue weighted by atomic mass is 10.3. The van der Waals surface area contributed by atoms with Gasteiger partial charge in [0.25, 0.3) is 0 Å². The van der Waals surface area contributed by atoms with Gasteiger partial charge in [-0.15, -0.1) is 23.4 Å². The van der Waals surface area contributed by atoms with Crippen molar-refractivity contribution < 1.29 is 0 Å². The number of nitrogens with zero attached hydrogens (tertiary/aromatic N) is 3. The molecule has 0 aromatic carbocycles. The van der Waals surface area contributed by atoms with E-state index >= 15 is 0 Å². The van der Waals surface area contributed by atoms with Gasteiger partial charge in [-0.2, -0.15) is 5.10 Å². The molecule has 0 saturated carbocycles. The fourth-order valence-corrected chi connectivity index (χ4v) is 2.63. The molecule has 0 aliphatic rings. The van der Waals surface area contributed by atoms with Crippen molar-refractivity contribution in [2.45, 2.75) is 18.9 Å². The average Bonchev–Trinajstić information content (AvgIpc) is 2.66. The van der Waals surface area contributed by atoms with Crippen LogP contribution in [0.3, 0.4) is 0 Å². The minimum absolute atomic E-state index is 0.498. The lowest BCUT2D eigenvalue weighted by molar-refractivity contribution is 0.758. The zero-order valence-corrected chi connectivity index (χ0v) is 10.9. The highest BCUT2D eigenvalue weighted by Crippen LogP contribution is 2.23. The molecule has 86 valence electrons. The third-order valence-electron chi connectivity index (χ3n) is 2.24. The maximum absolute atomic E-state index is 5.79. The second kappa shape index (κ2) is 5.06. The van der Waals surface area contributed by atoms with Crippen molar-refractivity contribution in [3.8, 4) is 0 Å². The number of hydrogen-bond donors (Lipinski definition) is 0. The van der Waals surface area contributed by atoms with Crippen LogP contribution in [0.2, 0.25) is 0 Å². The zero-order valence-electron chi connectivity index (χ0n) is 9.35. The van der Waals surface area contributed by atoms with Crippen LogP contribution in [0.5, 0.6) is 0 Å². The van der Waals surface area contributed by atoms with E-state index in [0.29, 0.717) is 11.8 Å². The summed E-state index contributed by atoms with van der Waals surface area (Å²) in [6.07, 6.45) is 3.66. The van der Waals surface area contributed by atoms with Crippen LogP contribution in [-0.4, -0.2) is 26.2 Å². The molecule has 1 unspecified atom stereocenters. The molecule has 0 aliphatic carbocycles. The molecule has 3 nitrogen and oxygen atoms in total. The Labute approximate surface area is 104 Å². The maximum atomic E-state index is 5.79. The molecule has 0 spiro atoms. The summed E-state index contributed by atoms with van der Waals surface area (Å²) in [4.78, 5) is 4.39. The molecule has 0 fully saturated rings. The maximum Gasteiger partial charge on any atom is 0.122 e. The number of thioether (sulfide) groups is 1. The van der Waals surface area contributed by atoms with E-state index in [0.717, 1.165) is 22.0 Å². The van der Waals surface area contributed by atoms with Crippen molar-refractivity contribution in [1.29, 1.82) is 0 Å². The van der Waals surface area contributed by atoms with E-state index in [2.05, 4.69) is 23.1 Å². The molecule has 2 aromatic rings. The fourth-order valence-electron chi connectivity index (χ4n) is 1.40. The smallest absolute Gasteiger partial charge is 0.122 e. The largest absolute Gasteiger partial charge is 0.246 e. The second-order valence-electron chi connectivity index (χ2n) is 3.92. The van der Waals surface area contributed by atoms with Crippen LogP contribution in [0.15, 0.2) is 23.5 Å². The first-order valence-corrected chi connectivity index (χ1v) is 6.72. The van der Waals surface area contributed by atoms with E-state index in [9.17, 15) is 0 Å². The van der Waals surface area contributed by atoms with Crippen LogP contribution in [0.4, 0.5) is 0 Å². The monoisotopic (exact) mass is 255 g/mol. The molecule has 0 N–H and O–H groups in total. The van der Waals surface area contributed by atoms with E-state index < -0.39 is 0 Å². The topological polar surface area (TPSA) is 30.2 Å². The summed E-state index contributed by atoms with van der Waals surface area (Å²) in [7, 11) is 0. The summed E-state index contributed by atoms with van der Waals surface area (Å²) in [6.45, 7) is 4.13. The van der Waals surface area contributed by atoms with E-state index in [4.69, 9.17) is 11.6 Å². The van der Waals surface area contributed by atoms with Crippen molar-refractivity contribution in [2.75, 3.05) is 11.6 Å². The Hall–Kier alpha value is -0.740. The summed E-state index contributed by atoms with van der Waals surface area (Å²) in [6, 6.07) is 2.06. The van der Waals surface area contributed by atoms with Gasteiger partial charge in [0.05, 0.1) is 11.2 Å². The highest BCUT2D eigenvalue weighted by molar-refractivity contribution is 7.99. The Morgan fingerprint density at radius 3 is 3.12 bits per heavy atom. The number of aryl methyl sites for hydroxylation is 1. The average molecular weight is 256 g/mol. The molecule has 16 heavy (non-hydrogen) atoms. The number of rotatable bonds is 4. The summed E-state index contributed by atoms with van der Waals surface area (Å²) in [5.74, 6) is 2.17. The first kappa shape index (κ1) is 11.7. The normalized spacial score (nSPS) is 13.2. The minimum Gasteiger partial charge on any atom is -0.246 e. The zero-order chi connectivity index (χ0) is 11.5. The van der Waals surface area contributed by atoms with E-state index in [-0.39, 0.29) is 0 Å². The van der Waals surface area contributed by atoms with Crippen LogP contribution in [0, 0.1) is 12.8 Å². The van der Waals surface area contributed by atoms with Gasteiger partial charge in [-0.25, -0.2) is 9.50 Å². The van der Waals surface area contributed by atoms with Gasteiger partial charge in [0.2, 0.25) is 0 Å². The molecule has 0 aliphatic heterocycles. The molecular formula is C11H14ClN3S. The van der Waals surface area contributed by atoms with Crippen molar-refractivity contribution in [3.05, 3.63) is 24.2 Å². The number of fused-ring (bicyclic) bond motifs is 1. The molecule has 0 amide bonds. The summed E-state index contributed by atoms with van der Waals surface area (Å²) in [5, 5.41) is 5.39. The van der Waals surface area contributed by atoms with Crippen LogP contribution in [0.1, 0.15) is 12.6 Å². The molecule has 0 bridgehead atoms. The highest BCUT2D eigenvalue weighted by Gasteiger charge is 2.08. The molecule has 0 radical (unpaired) electrons. The number of halogens is 1.